The first-order valence-electron chi connectivity index (χ1n) is 6.91. The highest BCUT2D eigenvalue weighted by molar-refractivity contribution is 7.86. The predicted octanol–water partition coefficient (Wildman–Crippen LogP) is 0.888. The van der Waals surface area contributed by atoms with Crippen LogP contribution in [0.5, 0.6) is 0 Å². The molecule has 0 aromatic carbocycles. The number of rotatable bonds is 6. The minimum atomic E-state index is -3.37. The van der Waals surface area contributed by atoms with Crippen molar-refractivity contribution in [3.63, 3.8) is 0 Å². The molecule has 0 aliphatic carbocycles. The van der Waals surface area contributed by atoms with Gasteiger partial charge >= 0.3 is 0 Å². The number of piperidine rings is 1. The third-order valence-electron chi connectivity index (χ3n) is 3.77. The molecule has 1 aromatic heterocycles. The minimum Gasteiger partial charge on any atom is -0.472 e. The van der Waals surface area contributed by atoms with E-state index in [1.54, 1.807) is 29.9 Å². The van der Waals surface area contributed by atoms with Crippen LogP contribution in [-0.4, -0.2) is 50.8 Å². The first kappa shape index (κ1) is 15.5. The topological polar surface area (TPSA) is 65.8 Å². The normalized spacial score (nSPS) is 18.8. The van der Waals surface area contributed by atoms with Crippen molar-refractivity contribution < 1.29 is 12.8 Å². The Morgan fingerprint density at radius 3 is 2.70 bits per heavy atom. The van der Waals surface area contributed by atoms with Gasteiger partial charge in [-0.15, -0.1) is 0 Å². The summed E-state index contributed by atoms with van der Waals surface area (Å²) in [7, 11) is 0.174. The van der Waals surface area contributed by atoms with E-state index < -0.39 is 10.2 Å². The van der Waals surface area contributed by atoms with Crippen LogP contribution in [0, 0.1) is 5.92 Å². The van der Waals surface area contributed by atoms with Crippen LogP contribution in [-0.2, 0) is 16.8 Å². The van der Waals surface area contributed by atoms with Crippen LogP contribution in [0.25, 0.3) is 0 Å². The molecule has 0 saturated carbocycles. The molecular formula is C13H23N3O3S. The lowest BCUT2D eigenvalue weighted by atomic mass is 9.98. The van der Waals surface area contributed by atoms with Gasteiger partial charge in [0.05, 0.1) is 12.5 Å². The summed E-state index contributed by atoms with van der Waals surface area (Å²) in [5, 5.41) is 3.15. The zero-order chi connectivity index (χ0) is 14.6. The molecule has 1 aromatic rings. The predicted molar refractivity (Wildman–Crippen MR) is 77.3 cm³/mol. The summed E-state index contributed by atoms with van der Waals surface area (Å²) in [5.74, 6) is 0.575. The van der Waals surface area contributed by atoms with Crippen molar-refractivity contribution >= 4 is 10.2 Å². The van der Waals surface area contributed by atoms with Crippen molar-refractivity contribution in [2.75, 3.05) is 33.7 Å². The van der Waals surface area contributed by atoms with E-state index in [0.717, 1.165) is 24.9 Å². The first-order chi connectivity index (χ1) is 9.54. The van der Waals surface area contributed by atoms with Crippen molar-refractivity contribution in [1.29, 1.82) is 0 Å². The van der Waals surface area contributed by atoms with Gasteiger partial charge in [0.2, 0.25) is 0 Å². The summed E-state index contributed by atoms with van der Waals surface area (Å²) in [6.45, 7) is 2.50. The molecule has 0 radical (unpaired) electrons. The largest absolute Gasteiger partial charge is 0.472 e. The molecule has 114 valence electrons. The molecule has 0 spiro atoms. The first-order valence-corrected chi connectivity index (χ1v) is 8.31. The lowest BCUT2D eigenvalue weighted by Crippen LogP contribution is -2.46. The van der Waals surface area contributed by atoms with Crippen molar-refractivity contribution in [3.05, 3.63) is 24.2 Å². The maximum absolute atomic E-state index is 12.5. The highest BCUT2D eigenvalue weighted by atomic mass is 32.2. The molecule has 6 nitrogen and oxygen atoms in total. The van der Waals surface area contributed by atoms with E-state index in [9.17, 15) is 8.42 Å². The number of nitrogens with zero attached hydrogens (tertiary/aromatic N) is 2. The van der Waals surface area contributed by atoms with Gasteiger partial charge in [0.1, 0.15) is 0 Å². The van der Waals surface area contributed by atoms with Crippen molar-refractivity contribution in [3.8, 4) is 0 Å². The van der Waals surface area contributed by atoms with E-state index in [4.69, 9.17) is 4.42 Å². The Morgan fingerprint density at radius 2 is 2.15 bits per heavy atom. The van der Waals surface area contributed by atoms with Gasteiger partial charge in [-0.3, -0.25) is 0 Å². The van der Waals surface area contributed by atoms with E-state index in [1.165, 1.54) is 4.31 Å². The SMILES string of the molecule is CNCC1CCN(S(=O)(=O)N(C)Cc2ccoc2)CC1. The Bertz CT molecular complexity index is 493. The molecule has 1 saturated heterocycles. The standard InChI is InChI=1S/C13H23N3O3S/c1-14-9-12-3-6-16(7-4-12)20(17,18)15(2)10-13-5-8-19-11-13/h5,8,11-12,14H,3-4,6-7,9-10H2,1-2H3. The highest BCUT2D eigenvalue weighted by Crippen LogP contribution is 2.21. The quantitative estimate of drug-likeness (QED) is 0.847. The van der Waals surface area contributed by atoms with Gasteiger partial charge in [0.15, 0.2) is 0 Å². The Morgan fingerprint density at radius 1 is 1.45 bits per heavy atom. The van der Waals surface area contributed by atoms with Gasteiger partial charge in [-0.25, -0.2) is 0 Å². The molecule has 0 unspecified atom stereocenters. The highest BCUT2D eigenvalue weighted by Gasteiger charge is 2.30. The maximum Gasteiger partial charge on any atom is 0.282 e. The zero-order valence-corrected chi connectivity index (χ0v) is 12.9. The van der Waals surface area contributed by atoms with Crippen LogP contribution in [0.15, 0.2) is 23.0 Å². The number of hydrogen-bond donors (Lipinski definition) is 1. The average Bonchev–Trinajstić information content (AvgIpc) is 2.92. The third-order valence-corrected chi connectivity index (χ3v) is 5.71. The molecular weight excluding hydrogens is 278 g/mol. The van der Waals surface area contributed by atoms with Gasteiger partial charge < -0.3 is 9.73 Å². The molecule has 7 heteroatoms. The molecule has 1 fully saturated rings. The van der Waals surface area contributed by atoms with Crippen LogP contribution in [0.3, 0.4) is 0 Å². The smallest absolute Gasteiger partial charge is 0.282 e. The second-order valence-corrected chi connectivity index (χ2v) is 7.33. The van der Waals surface area contributed by atoms with Crippen molar-refractivity contribution in [2.24, 2.45) is 5.92 Å². The monoisotopic (exact) mass is 301 g/mol. The van der Waals surface area contributed by atoms with Crippen molar-refractivity contribution in [2.45, 2.75) is 19.4 Å². The van der Waals surface area contributed by atoms with Crippen molar-refractivity contribution in [1.82, 2.24) is 13.9 Å². The lowest BCUT2D eigenvalue weighted by Gasteiger charge is -2.33. The van der Waals surface area contributed by atoms with Gasteiger partial charge in [-0.05, 0) is 38.4 Å². The number of nitrogens with one attached hydrogen (secondary N) is 1. The molecule has 0 atom stereocenters. The molecule has 1 aliphatic rings. The number of furan rings is 1. The summed E-state index contributed by atoms with van der Waals surface area (Å²) in [6.07, 6.45) is 4.96. The Balaban J connectivity index is 1.93. The van der Waals surface area contributed by atoms with Gasteiger partial charge in [-0.1, -0.05) is 0 Å². The third kappa shape index (κ3) is 3.60. The average molecular weight is 301 g/mol. The van der Waals surface area contributed by atoms with E-state index in [0.29, 0.717) is 25.6 Å². The fraction of sp³-hybridized carbons (Fsp3) is 0.692. The lowest BCUT2D eigenvalue weighted by molar-refractivity contribution is 0.255. The van der Waals surface area contributed by atoms with E-state index in [1.807, 2.05) is 7.05 Å². The fourth-order valence-electron chi connectivity index (χ4n) is 2.55. The molecule has 0 bridgehead atoms. The molecule has 1 aliphatic heterocycles. The molecule has 2 heterocycles. The van der Waals surface area contributed by atoms with Crippen LogP contribution in [0.4, 0.5) is 0 Å². The zero-order valence-electron chi connectivity index (χ0n) is 12.1. The van der Waals surface area contributed by atoms with Gasteiger partial charge in [0, 0.05) is 32.2 Å². The Kier molecular flexibility index (Phi) is 5.20. The summed E-state index contributed by atoms with van der Waals surface area (Å²) in [4.78, 5) is 0. The summed E-state index contributed by atoms with van der Waals surface area (Å²) in [5.41, 5.74) is 0.862. The van der Waals surface area contributed by atoms with Crippen LogP contribution in [0.1, 0.15) is 18.4 Å². The molecule has 2 rings (SSSR count). The fourth-order valence-corrected chi connectivity index (χ4v) is 3.93. The van der Waals surface area contributed by atoms with Gasteiger partial charge in [-0.2, -0.15) is 17.0 Å². The van der Waals surface area contributed by atoms with E-state index in [-0.39, 0.29) is 0 Å². The minimum absolute atomic E-state index is 0.343. The van der Waals surface area contributed by atoms with E-state index >= 15 is 0 Å². The maximum atomic E-state index is 12.5. The number of hydrogen-bond acceptors (Lipinski definition) is 4. The molecule has 20 heavy (non-hydrogen) atoms. The molecule has 1 N–H and O–H groups in total. The summed E-state index contributed by atoms with van der Waals surface area (Å²) < 4.78 is 32.9. The second-order valence-electron chi connectivity index (χ2n) is 5.30. The van der Waals surface area contributed by atoms with Gasteiger partial charge in [0.25, 0.3) is 10.2 Å². The Labute approximate surface area is 120 Å². The van der Waals surface area contributed by atoms with Crippen LogP contribution < -0.4 is 5.32 Å². The second kappa shape index (κ2) is 6.71. The van der Waals surface area contributed by atoms with Crippen LogP contribution >= 0.6 is 0 Å². The molecule has 0 amide bonds. The van der Waals surface area contributed by atoms with Crippen LogP contribution in [0.2, 0.25) is 0 Å². The summed E-state index contributed by atoms with van der Waals surface area (Å²) >= 11 is 0. The van der Waals surface area contributed by atoms with E-state index in [2.05, 4.69) is 5.32 Å². The Hall–Kier alpha value is -0.890. The summed E-state index contributed by atoms with van der Waals surface area (Å²) in [6, 6.07) is 1.78.